The van der Waals surface area contributed by atoms with Gasteiger partial charge in [-0.05, 0) is 49.4 Å². The van der Waals surface area contributed by atoms with E-state index in [1.165, 1.54) is 23.9 Å². The number of hydrogen-bond acceptors (Lipinski definition) is 4. The first-order valence-electron chi connectivity index (χ1n) is 7.45. The largest absolute Gasteiger partial charge is 0.494 e. The Morgan fingerprint density at radius 3 is 2.83 bits per heavy atom. The van der Waals surface area contributed by atoms with Gasteiger partial charge in [0.25, 0.3) is 0 Å². The minimum Gasteiger partial charge on any atom is -0.494 e. The average Bonchev–Trinajstić information content (AvgIpc) is 2.97. The van der Waals surface area contributed by atoms with Crippen molar-refractivity contribution in [3.63, 3.8) is 0 Å². The third kappa shape index (κ3) is 4.05. The van der Waals surface area contributed by atoms with Crippen molar-refractivity contribution in [3.8, 4) is 5.75 Å². The molecule has 5 nitrogen and oxygen atoms in total. The van der Waals surface area contributed by atoms with E-state index in [4.69, 9.17) is 4.74 Å². The van der Waals surface area contributed by atoms with Crippen LogP contribution in [0.1, 0.15) is 6.92 Å². The zero-order valence-electron chi connectivity index (χ0n) is 13.0. The van der Waals surface area contributed by atoms with Gasteiger partial charge in [0.1, 0.15) is 11.6 Å². The van der Waals surface area contributed by atoms with Crippen LogP contribution in [0.3, 0.4) is 0 Å². The second-order valence-corrected chi connectivity index (χ2v) is 5.96. The van der Waals surface area contributed by atoms with Crippen molar-refractivity contribution in [2.45, 2.75) is 12.1 Å². The molecule has 2 N–H and O–H groups in total. The maximum atomic E-state index is 13.2. The Bertz CT molecular complexity index is 849. The lowest BCUT2D eigenvalue weighted by molar-refractivity contribution is -0.113. The van der Waals surface area contributed by atoms with E-state index in [2.05, 4.69) is 15.3 Å². The standard InChI is InChI=1S/C17H16FN3O2S/c1-2-23-13-6-4-12(5-7-13)19-16(22)10-24-17-20-14-8-3-11(18)9-15(14)21-17/h3-9H,2,10H2,1H3,(H,19,22)(H,20,21). The first-order valence-corrected chi connectivity index (χ1v) is 8.43. The number of imidazole rings is 1. The number of halogens is 1. The average molecular weight is 345 g/mol. The molecule has 124 valence electrons. The minimum atomic E-state index is -0.323. The molecule has 0 aliphatic rings. The zero-order chi connectivity index (χ0) is 16.9. The van der Waals surface area contributed by atoms with Crippen LogP contribution in [-0.2, 0) is 4.79 Å². The molecular weight excluding hydrogens is 329 g/mol. The normalized spacial score (nSPS) is 10.8. The molecule has 0 saturated carbocycles. The SMILES string of the molecule is CCOc1ccc(NC(=O)CSc2nc3ccc(F)cc3[nH]2)cc1. The van der Waals surface area contributed by atoms with Crippen LogP contribution in [0.5, 0.6) is 5.75 Å². The number of ether oxygens (including phenoxy) is 1. The van der Waals surface area contributed by atoms with Gasteiger partial charge in [0.05, 0.1) is 23.4 Å². The summed E-state index contributed by atoms with van der Waals surface area (Å²) >= 11 is 1.26. The van der Waals surface area contributed by atoms with Gasteiger partial charge in [-0.25, -0.2) is 9.37 Å². The molecule has 3 rings (SSSR count). The molecule has 0 radical (unpaired) electrons. The number of H-pyrrole nitrogens is 1. The number of amides is 1. The van der Waals surface area contributed by atoms with Gasteiger partial charge >= 0.3 is 0 Å². The molecule has 1 aromatic heterocycles. The highest BCUT2D eigenvalue weighted by molar-refractivity contribution is 7.99. The Hall–Kier alpha value is -2.54. The lowest BCUT2D eigenvalue weighted by Crippen LogP contribution is -2.14. The molecule has 24 heavy (non-hydrogen) atoms. The maximum absolute atomic E-state index is 13.2. The van der Waals surface area contributed by atoms with Crippen LogP contribution in [-0.4, -0.2) is 28.2 Å². The van der Waals surface area contributed by atoms with Crippen LogP contribution in [0.15, 0.2) is 47.6 Å². The number of fused-ring (bicyclic) bond motifs is 1. The molecule has 0 spiro atoms. The van der Waals surface area contributed by atoms with E-state index in [1.54, 1.807) is 30.3 Å². The highest BCUT2D eigenvalue weighted by Crippen LogP contribution is 2.21. The van der Waals surface area contributed by atoms with Crippen molar-refractivity contribution in [2.24, 2.45) is 0 Å². The highest BCUT2D eigenvalue weighted by atomic mass is 32.2. The summed E-state index contributed by atoms with van der Waals surface area (Å²) in [5.41, 5.74) is 1.99. The third-order valence-electron chi connectivity index (χ3n) is 3.21. The summed E-state index contributed by atoms with van der Waals surface area (Å²) in [5, 5.41) is 3.39. The summed E-state index contributed by atoms with van der Waals surface area (Å²) in [6.45, 7) is 2.52. The summed E-state index contributed by atoms with van der Waals surface area (Å²) in [6, 6.07) is 11.5. The fourth-order valence-electron chi connectivity index (χ4n) is 2.16. The summed E-state index contributed by atoms with van der Waals surface area (Å²) in [5.74, 6) is 0.501. The molecule has 0 unspecified atom stereocenters. The molecule has 1 amide bonds. The van der Waals surface area contributed by atoms with E-state index >= 15 is 0 Å². The van der Waals surface area contributed by atoms with Crippen molar-refractivity contribution < 1.29 is 13.9 Å². The van der Waals surface area contributed by atoms with Gasteiger partial charge in [-0.3, -0.25) is 4.79 Å². The molecular formula is C17H16FN3O2S. The smallest absolute Gasteiger partial charge is 0.234 e. The number of hydrogen-bond donors (Lipinski definition) is 2. The van der Waals surface area contributed by atoms with Crippen LogP contribution in [0.25, 0.3) is 11.0 Å². The molecule has 0 aliphatic carbocycles. The molecule has 0 saturated heterocycles. The Kier molecular flexibility index (Phi) is 5.00. The number of aromatic amines is 1. The molecule has 3 aromatic rings. The summed E-state index contributed by atoms with van der Waals surface area (Å²) in [4.78, 5) is 19.3. The maximum Gasteiger partial charge on any atom is 0.234 e. The van der Waals surface area contributed by atoms with Crippen LogP contribution in [0.4, 0.5) is 10.1 Å². The molecule has 1 heterocycles. The van der Waals surface area contributed by atoms with Gasteiger partial charge in [0.2, 0.25) is 5.91 Å². The Labute approximate surface area is 142 Å². The van der Waals surface area contributed by atoms with Gasteiger partial charge in [-0.1, -0.05) is 11.8 Å². The number of carbonyl (C=O) groups is 1. The Morgan fingerprint density at radius 2 is 2.08 bits per heavy atom. The van der Waals surface area contributed by atoms with E-state index in [9.17, 15) is 9.18 Å². The van der Waals surface area contributed by atoms with Crippen LogP contribution < -0.4 is 10.1 Å². The van der Waals surface area contributed by atoms with Crippen molar-refractivity contribution in [1.29, 1.82) is 0 Å². The first-order chi connectivity index (χ1) is 11.6. The van der Waals surface area contributed by atoms with E-state index in [1.807, 2.05) is 6.92 Å². The second kappa shape index (κ2) is 7.35. The van der Waals surface area contributed by atoms with Gasteiger partial charge in [-0.2, -0.15) is 0 Å². The fraction of sp³-hybridized carbons (Fsp3) is 0.176. The summed E-state index contributed by atoms with van der Waals surface area (Å²) < 4.78 is 18.5. The number of nitrogens with zero attached hydrogens (tertiary/aromatic N) is 1. The number of rotatable bonds is 6. The lowest BCUT2D eigenvalue weighted by Gasteiger charge is -2.06. The number of aromatic nitrogens is 2. The predicted octanol–water partition coefficient (Wildman–Crippen LogP) is 3.83. The molecule has 0 atom stereocenters. The highest BCUT2D eigenvalue weighted by Gasteiger charge is 2.08. The van der Waals surface area contributed by atoms with E-state index < -0.39 is 0 Å². The molecule has 0 fully saturated rings. The van der Waals surface area contributed by atoms with E-state index in [0.717, 1.165) is 5.75 Å². The first kappa shape index (κ1) is 16.3. The molecule has 0 bridgehead atoms. The molecule has 7 heteroatoms. The summed E-state index contributed by atoms with van der Waals surface area (Å²) in [7, 11) is 0. The minimum absolute atomic E-state index is 0.143. The second-order valence-electron chi connectivity index (χ2n) is 5.00. The molecule has 2 aromatic carbocycles. The number of anilines is 1. The van der Waals surface area contributed by atoms with Gasteiger partial charge in [-0.15, -0.1) is 0 Å². The zero-order valence-corrected chi connectivity index (χ0v) is 13.8. The van der Waals surface area contributed by atoms with Crippen LogP contribution in [0, 0.1) is 5.82 Å². The van der Waals surface area contributed by atoms with E-state index in [0.29, 0.717) is 28.5 Å². The monoisotopic (exact) mass is 345 g/mol. The van der Waals surface area contributed by atoms with Gasteiger partial charge in [0.15, 0.2) is 5.16 Å². The number of nitrogens with one attached hydrogen (secondary N) is 2. The third-order valence-corrected chi connectivity index (χ3v) is 4.08. The van der Waals surface area contributed by atoms with Gasteiger partial charge < -0.3 is 15.0 Å². The van der Waals surface area contributed by atoms with Crippen LogP contribution >= 0.6 is 11.8 Å². The number of carbonyl (C=O) groups excluding carboxylic acids is 1. The predicted molar refractivity (Wildman–Crippen MR) is 93.0 cm³/mol. The Morgan fingerprint density at radius 1 is 1.29 bits per heavy atom. The van der Waals surface area contributed by atoms with Crippen LogP contribution in [0.2, 0.25) is 0 Å². The molecule has 0 aliphatic heterocycles. The fourth-order valence-corrected chi connectivity index (χ4v) is 2.84. The number of thioether (sulfide) groups is 1. The van der Waals surface area contributed by atoms with Gasteiger partial charge in [0, 0.05) is 5.69 Å². The topological polar surface area (TPSA) is 67.0 Å². The van der Waals surface area contributed by atoms with Crippen molar-refractivity contribution in [1.82, 2.24) is 9.97 Å². The Balaban J connectivity index is 1.56. The van der Waals surface area contributed by atoms with Crippen molar-refractivity contribution in [2.75, 3.05) is 17.7 Å². The lowest BCUT2D eigenvalue weighted by atomic mass is 10.3. The quantitative estimate of drug-likeness (QED) is 0.666. The van der Waals surface area contributed by atoms with Crippen molar-refractivity contribution >= 4 is 34.4 Å². The van der Waals surface area contributed by atoms with E-state index in [-0.39, 0.29) is 17.5 Å². The van der Waals surface area contributed by atoms with Crippen molar-refractivity contribution in [3.05, 3.63) is 48.3 Å². The number of benzene rings is 2. The summed E-state index contributed by atoms with van der Waals surface area (Å²) in [6.07, 6.45) is 0.